The van der Waals surface area contributed by atoms with Gasteiger partial charge in [-0.25, -0.2) is 0 Å². The monoisotopic (exact) mass is 309 g/mol. The molecular weight excluding hydrogens is 302 g/mol. The Balaban J connectivity index is 2.35. The summed E-state index contributed by atoms with van der Waals surface area (Å²) < 4.78 is 0.361. The highest BCUT2D eigenvalue weighted by atomic mass is 79.9. The summed E-state index contributed by atoms with van der Waals surface area (Å²) in [4.78, 5) is 23.4. The zero-order valence-electron chi connectivity index (χ0n) is 9.17. The van der Waals surface area contributed by atoms with Gasteiger partial charge in [-0.15, -0.1) is 0 Å². The van der Waals surface area contributed by atoms with Gasteiger partial charge >= 0.3 is 0 Å². The van der Waals surface area contributed by atoms with Crippen molar-refractivity contribution in [2.24, 2.45) is 5.92 Å². The van der Waals surface area contributed by atoms with Gasteiger partial charge in [-0.2, -0.15) is 5.26 Å². The Morgan fingerprint density at radius 1 is 1.56 bits per heavy atom. The van der Waals surface area contributed by atoms with E-state index in [9.17, 15) is 14.9 Å². The highest BCUT2D eigenvalue weighted by molar-refractivity contribution is 9.10. The number of anilines is 1. The van der Waals surface area contributed by atoms with Crippen molar-refractivity contribution >= 4 is 33.2 Å². The Morgan fingerprint density at radius 2 is 2.28 bits per heavy atom. The largest absolute Gasteiger partial charge is 0.311 e. The molecule has 0 bridgehead atoms. The number of nitrogens with zero attached hydrogens (tertiary/aromatic N) is 3. The molecule has 1 heterocycles. The number of nitriles is 1. The molecule has 0 aromatic heterocycles. The van der Waals surface area contributed by atoms with Crippen molar-refractivity contribution in [1.29, 1.82) is 5.26 Å². The van der Waals surface area contributed by atoms with E-state index in [4.69, 9.17) is 5.26 Å². The van der Waals surface area contributed by atoms with Gasteiger partial charge in [-0.1, -0.05) is 0 Å². The molecule has 0 saturated carbocycles. The predicted molar refractivity (Wildman–Crippen MR) is 66.9 cm³/mol. The average Bonchev–Trinajstić information content (AvgIpc) is 2.71. The topological polar surface area (TPSA) is 87.2 Å². The molecule has 2 rings (SSSR count). The fraction of sp³-hybridized carbons (Fsp3) is 0.273. The molecule has 0 aliphatic carbocycles. The first-order chi connectivity index (χ1) is 8.52. The molecule has 6 nitrogen and oxygen atoms in total. The number of benzene rings is 1. The average molecular weight is 310 g/mol. The Hall–Kier alpha value is -1.94. The van der Waals surface area contributed by atoms with E-state index in [0.29, 0.717) is 10.2 Å². The molecular formula is C11H8BrN3O3. The van der Waals surface area contributed by atoms with E-state index in [2.05, 4.69) is 15.9 Å². The van der Waals surface area contributed by atoms with Gasteiger partial charge < -0.3 is 4.90 Å². The summed E-state index contributed by atoms with van der Waals surface area (Å²) in [5, 5.41) is 19.6. The fourth-order valence-corrected chi connectivity index (χ4v) is 2.24. The SMILES string of the molecule is N#CC1CC(=O)N(c2ccc(Br)c([N+](=O)[O-])c2)C1. The summed E-state index contributed by atoms with van der Waals surface area (Å²) in [7, 11) is 0. The molecule has 1 unspecified atom stereocenters. The molecule has 18 heavy (non-hydrogen) atoms. The van der Waals surface area contributed by atoms with Crippen molar-refractivity contribution in [2.45, 2.75) is 6.42 Å². The summed E-state index contributed by atoms with van der Waals surface area (Å²) in [6.07, 6.45) is 0.167. The summed E-state index contributed by atoms with van der Waals surface area (Å²) in [5.41, 5.74) is 0.355. The molecule has 1 aliphatic heterocycles. The first-order valence-corrected chi connectivity index (χ1v) is 5.96. The van der Waals surface area contributed by atoms with Crippen LogP contribution in [0.5, 0.6) is 0 Å². The molecule has 1 fully saturated rings. The van der Waals surface area contributed by atoms with E-state index in [0.717, 1.165) is 0 Å². The number of carbonyl (C=O) groups excluding carboxylic acids is 1. The van der Waals surface area contributed by atoms with Crippen LogP contribution in [0.3, 0.4) is 0 Å². The summed E-state index contributed by atoms with van der Waals surface area (Å²) in [5.74, 6) is -0.529. The highest BCUT2D eigenvalue weighted by Gasteiger charge is 2.31. The molecule has 1 aliphatic rings. The lowest BCUT2D eigenvalue weighted by Crippen LogP contribution is -2.24. The minimum absolute atomic E-state index is 0.0966. The third-order valence-electron chi connectivity index (χ3n) is 2.75. The lowest BCUT2D eigenvalue weighted by molar-refractivity contribution is -0.385. The Bertz CT molecular complexity index is 567. The van der Waals surface area contributed by atoms with Crippen LogP contribution in [0.2, 0.25) is 0 Å². The summed E-state index contributed by atoms with van der Waals surface area (Å²) in [6.45, 7) is 0.286. The van der Waals surface area contributed by atoms with Gasteiger partial charge in [-0.05, 0) is 28.1 Å². The van der Waals surface area contributed by atoms with Crippen molar-refractivity contribution in [2.75, 3.05) is 11.4 Å². The van der Waals surface area contributed by atoms with Gasteiger partial charge in [-0.3, -0.25) is 14.9 Å². The van der Waals surface area contributed by atoms with Crippen molar-refractivity contribution in [3.63, 3.8) is 0 Å². The number of amides is 1. The van der Waals surface area contributed by atoms with E-state index in [1.165, 1.54) is 17.0 Å². The van der Waals surface area contributed by atoms with Crippen LogP contribution in [0.25, 0.3) is 0 Å². The maximum atomic E-state index is 11.7. The molecule has 1 amide bonds. The molecule has 1 saturated heterocycles. The van der Waals surface area contributed by atoms with Gasteiger partial charge in [0.1, 0.15) is 0 Å². The van der Waals surface area contributed by atoms with Crippen LogP contribution in [0.1, 0.15) is 6.42 Å². The first kappa shape index (κ1) is 12.5. The van der Waals surface area contributed by atoms with E-state index >= 15 is 0 Å². The molecule has 92 valence electrons. The number of hydrogen-bond donors (Lipinski definition) is 0. The normalized spacial score (nSPS) is 18.8. The van der Waals surface area contributed by atoms with Gasteiger partial charge in [0.25, 0.3) is 5.69 Å². The molecule has 1 aromatic rings. The van der Waals surface area contributed by atoms with Crippen molar-refractivity contribution in [3.8, 4) is 6.07 Å². The van der Waals surface area contributed by atoms with E-state index in [-0.39, 0.29) is 30.5 Å². The Kier molecular flexibility index (Phi) is 3.30. The Labute approximate surface area is 111 Å². The third kappa shape index (κ3) is 2.19. The number of halogens is 1. The number of hydrogen-bond acceptors (Lipinski definition) is 4. The smallest absolute Gasteiger partial charge is 0.285 e. The van der Waals surface area contributed by atoms with Crippen LogP contribution < -0.4 is 4.90 Å². The molecule has 0 radical (unpaired) electrons. The number of carbonyl (C=O) groups is 1. The number of nitro benzene ring substituents is 1. The molecule has 0 N–H and O–H groups in total. The fourth-order valence-electron chi connectivity index (χ4n) is 1.85. The molecule has 7 heteroatoms. The zero-order chi connectivity index (χ0) is 13.3. The second-order valence-corrected chi connectivity index (χ2v) is 4.78. The second kappa shape index (κ2) is 4.74. The van der Waals surface area contributed by atoms with Crippen LogP contribution in [0.4, 0.5) is 11.4 Å². The third-order valence-corrected chi connectivity index (χ3v) is 3.42. The maximum absolute atomic E-state index is 11.7. The predicted octanol–water partition coefficient (Wildman–Crippen LogP) is 2.23. The minimum atomic E-state index is -0.518. The van der Waals surface area contributed by atoms with Crippen molar-refractivity contribution < 1.29 is 9.72 Å². The van der Waals surface area contributed by atoms with Crippen LogP contribution in [0, 0.1) is 27.4 Å². The minimum Gasteiger partial charge on any atom is -0.311 e. The van der Waals surface area contributed by atoms with E-state index in [1.54, 1.807) is 6.07 Å². The van der Waals surface area contributed by atoms with Crippen LogP contribution >= 0.6 is 15.9 Å². The molecule has 1 atom stereocenters. The van der Waals surface area contributed by atoms with E-state index in [1.807, 2.05) is 6.07 Å². The second-order valence-electron chi connectivity index (χ2n) is 3.93. The number of nitro groups is 1. The molecule has 0 spiro atoms. The van der Waals surface area contributed by atoms with Crippen LogP contribution in [0.15, 0.2) is 22.7 Å². The van der Waals surface area contributed by atoms with E-state index < -0.39 is 4.92 Å². The van der Waals surface area contributed by atoms with Crippen molar-refractivity contribution in [3.05, 3.63) is 32.8 Å². The van der Waals surface area contributed by atoms with Gasteiger partial charge in [0.15, 0.2) is 0 Å². The standard InChI is InChI=1S/C11H8BrN3O3/c12-9-2-1-8(4-10(9)15(17)18)14-6-7(5-13)3-11(14)16/h1-2,4,7H,3,6H2. The van der Waals surface area contributed by atoms with Gasteiger partial charge in [0.05, 0.1) is 27.1 Å². The lowest BCUT2D eigenvalue weighted by atomic mass is 10.1. The maximum Gasteiger partial charge on any atom is 0.285 e. The quantitative estimate of drug-likeness (QED) is 0.619. The Morgan fingerprint density at radius 3 is 2.83 bits per heavy atom. The first-order valence-electron chi connectivity index (χ1n) is 5.17. The van der Waals surface area contributed by atoms with Gasteiger partial charge in [0.2, 0.25) is 5.91 Å². The highest BCUT2D eigenvalue weighted by Crippen LogP contribution is 2.32. The summed E-state index contributed by atoms with van der Waals surface area (Å²) >= 11 is 3.08. The molecule has 1 aromatic carbocycles. The summed E-state index contributed by atoms with van der Waals surface area (Å²) in [6, 6.07) is 6.52. The number of rotatable bonds is 2. The van der Waals surface area contributed by atoms with Gasteiger partial charge in [0, 0.05) is 19.0 Å². The zero-order valence-corrected chi connectivity index (χ0v) is 10.8. The van der Waals surface area contributed by atoms with Crippen LogP contribution in [-0.4, -0.2) is 17.4 Å². The lowest BCUT2D eigenvalue weighted by Gasteiger charge is -2.15. The van der Waals surface area contributed by atoms with Crippen LogP contribution in [-0.2, 0) is 4.79 Å². The van der Waals surface area contributed by atoms with Crippen molar-refractivity contribution in [1.82, 2.24) is 0 Å².